The first-order chi connectivity index (χ1) is 16.2. The standard InChI is InChI=1S/C33H54O/c1-26(2)12-8-14-28(5)16-10-17-30(7)20-21-32-22-31(23-33(24-32)25-34)19-11-18-29(6)15-9-13-27(3)4/h12-13,16,18,22,32-34H,7-11,14-15,17,19-21,23-25H2,1-6H3/b28-16+,29-18+/t32-,33+/m1/s1. The zero-order valence-electron chi connectivity index (χ0n) is 23.4. The lowest BCUT2D eigenvalue weighted by Gasteiger charge is -2.28. The van der Waals surface area contributed by atoms with Gasteiger partial charge in [-0.3, -0.25) is 0 Å². The van der Waals surface area contributed by atoms with Gasteiger partial charge < -0.3 is 5.11 Å². The summed E-state index contributed by atoms with van der Waals surface area (Å²) in [6, 6.07) is 0. The fourth-order valence-corrected chi connectivity index (χ4v) is 4.80. The van der Waals surface area contributed by atoms with Crippen molar-refractivity contribution < 1.29 is 5.11 Å². The van der Waals surface area contributed by atoms with E-state index in [9.17, 15) is 5.11 Å². The van der Waals surface area contributed by atoms with Crippen LogP contribution in [0.5, 0.6) is 0 Å². The highest BCUT2D eigenvalue weighted by atomic mass is 16.3. The van der Waals surface area contributed by atoms with Crippen LogP contribution >= 0.6 is 0 Å². The van der Waals surface area contributed by atoms with Gasteiger partial charge in [0.2, 0.25) is 0 Å². The average molecular weight is 467 g/mol. The molecule has 0 saturated heterocycles. The van der Waals surface area contributed by atoms with Gasteiger partial charge in [-0.1, -0.05) is 70.4 Å². The highest BCUT2D eigenvalue weighted by Gasteiger charge is 2.21. The van der Waals surface area contributed by atoms with E-state index in [0.29, 0.717) is 18.4 Å². The molecular formula is C33H54O. The number of hydrogen-bond donors (Lipinski definition) is 1. The van der Waals surface area contributed by atoms with Crippen molar-refractivity contribution in [2.24, 2.45) is 11.8 Å². The van der Waals surface area contributed by atoms with Crippen molar-refractivity contribution >= 4 is 0 Å². The fourth-order valence-electron chi connectivity index (χ4n) is 4.80. The first-order valence-electron chi connectivity index (χ1n) is 13.7. The molecule has 1 nitrogen and oxygen atoms in total. The maximum absolute atomic E-state index is 9.85. The molecule has 34 heavy (non-hydrogen) atoms. The van der Waals surface area contributed by atoms with Crippen LogP contribution in [0.15, 0.2) is 70.4 Å². The van der Waals surface area contributed by atoms with Gasteiger partial charge in [0, 0.05) is 6.61 Å². The van der Waals surface area contributed by atoms with E-state index in [-0.39, 0.29) is 0 Å². The molecule has 192 valence electrons. The van der Waals surface area contributed by atoms with Crippen LogP contribution in [0.2, 0.25) is 0 Å². The van der Waals surface area contributed by atoms with Crippen molar-refractivity contribution in [3.63, 3.8) is 0 Å². The summed E-state index contributed by atoms with van der Waals surface area (Å²) >= 11 is 0. The Kier molecular flexibility index (Phi) is 15.9. The van der Waals surface area contributed by atoms with E-state index >= 15 is 0 Å². The van der Waals surface area contributed by atoms with Gasteiger partial charge in [0.1, 0.15) is 0 Å². The molecule has 1 aliphatic rings. The second-order valence-electron chi connectivity index (χ2n) is 11.2. The van der Waals surface area contributed by atoms with Gasteiger partial charge in [0.25, 0.3) is 0 Å². The Bertz CT molecular complexity index is 747. The van der Waals surface area contributed by atoms with Gasteiger partial charge in [-0.2, -0.15) is 0 Å². The molecule has 0 fully saturated rings. The molecule has 1 N–H and O–H groups in total. The van der Waals surface area contributed by atoms with Crippen molar-refractivity contribution in [3.05, 3.63) is 70.4 Å². The van der Waals surface area contributed by atoms with E-state index in [1.807, 2.05) is 0 Å². The molecule has 0 amide bonds. The molecule has 0 aromatic heterocycles. The Balaban J connectivity index is 2.44. The lowest BCUT2D eigenvalue weighted by Crippen LogP contribution is -2.18. The summed E-state index contributed by atoms with van der Waals surface area (Å²) in [5.41, 5.74) is 8.75. The Hall–Kier alpha value is -1.60. The second-order valence-corrected chi connectivity index (χ2v) is 11.2. The lowest BCUT2D eigenvalue weighted by atomic mass is 9.79. The Morgan fingerprint density at radius 2 is 1.38 bits per heavy atom. The molecule has 0 bridgehead atoms. The summed E-state index contributed by atoms with van der Waals surface area (Å²) in [6.07, 6.45) is 25.6. The minimum atomic E-state index is 0.323. The number of aliphatic hydroxyl groups is 1. The van der Waals surface area contributed by atoms with Crippen molar-refractivity contribution in [2.45, 2.75) is 119 Å². The maximum atomic E-state index is 9.85. The van der Waals surface area contributed by atoms with Gasteiger partial charge >= 0.3 is 0 Å². The molecule has 0 aromatic rings. The largest absolute Gasteiger partial charge is 0.396 e. The summed E-state index contributed by atoms with van der Waals surface area (Å²) in [7, 11) is 0. The van der Waals surface area contributed by atoms with Crippen molar-refractivity contribution in [1.82, 2.24) is 0 Å². The number of allylic oxidation sites excluding steroid dienone is 11. The zero-order chi connectivity index (χ0) is 25.3. The van der Waals surface area contributed by atoms with E-state index in [1.165, 1.54) is 47.1 Å². The highest BCUT2D eigenvalue weighted by molar-refractivity contribution is 5.13. The molecule has 0 spiro atoms. The quantitative estimate of drug-likeness (QED) is 0.224. The zero-order valence-corrected chi connectivity index (χ0v) is 23.4. The third-order valence-corrected chi connectivity index (χ3v) is 6.92. The first-order valence-corrected chi connectivity index (χ1v) is 13.7. The van der Waals surface area contributed by atoms with Crippen LogP contribution in [0.1, 0.15) is 119 Å². The summed E-state index contributed by atoms with van der Waals surface area (Å²) in [5, 5.41) is 9.85. The van der Waals surface area contributed by atoms with Gasteiger partial charge in [-0.25, -0.2) is 0 Å². The molecule has 0 aliphatic heterocycles. The number of rotatable bonds is 16. The van der Waals surface area contributed by atoms with Crippen LogP contribution in [0, 0.1) is 11.8 Å². The van der Waals surface area contributed by atoms with Crippen LogP contribution in [0.4, 0.5) is 0 Å². The van der Waals surface area contributed by atoms with Crippen LogP contribution in [-0.2, 0) is 0 Å². The number of hydrogen-bond acceptors (Lipinski definition) is 1. The third-order valence-electron chi connectivity index (χ3n) is 6.92. The van der Waals surface area contributed by atoms with Crippen molar-refractivity contribution in [2.75, 3.05) is 6.61 Å². The molecule has 0 heterocycles. The normalized spacial score (nSPS) is 19.0. The lowest BCUT2D eigenvalue weighted by molar-refractivity contribution is 0.197. The second kappa shape index (κ2) is 17.8. The minimum absolute atomic E-state index is 0.323. The highest BCUT2D eigenvalue weighted by Crippen LogP contribution is 2.34. The van der Waals surface area contributed by atoms with E-state index < -0.39 is 0 Å². The molecule has 2 atom stereocenters. The topological polar surface area (TPSA) is 20.2 Å². The van der Waals surface area contributed by atoms with Gasteiger partial charge in [-0.15, -0.1) is 0 Å². The third kappa shape index (κ3) is 15.3. The SMILES string of the molecule is C=C(CC/C=C(\C)CCC=C(C)C)CC[C@@H]1C=C(CC/C=C(\C)CCC=C(C)C)C[C@H](CO)C1. The first kappa shape index (κ1) is 30.4. The molecule has 1 rings (SSSR count). The predicted octanol–water partition coefficient (Wildman–Crippen LogP) is 10.2. The van der Waals surface area contributed by atoms with Crippen LogP contribution in [0.25, 0.3) is 0 Å². The smallest absolute Gasteiger partial charge is 0.0462 e. The molecule has 1 heteroatoms. The Labute approximate surface area is 212 Å². The molecule has 0 aromatic carbocycles. The van der Waals surface area contributed by atoms with Crippen LogP contribution in [0.3, 0.4) is 0 Å². The van der Waals surface area contributed by atoms with Crippen LogP contribution in [-0.4, -0.2) is 11.7 Å². The van der Waals surface area contributed by atoms with Crippen molar-refractivity contribution in [3.8, 4) is 0 Å². The van der Waals surface area contributed by atoms with E-state index in [1.54, 1.807) is 5.57 Å². The summed E-state index contributed by atoms with van der Waals surface area (Å²) < 4.78 is 0. The molecular weight excluding hydrogens is 412 g/mol. The van der Waals surface area contributed by atoms with E-state index in [0.717, 1.165) is 57.8 Å². The van der Waals surface area contributed by atoms with Crippen molar-refractivity contribution in [1.29, 1.82) is 0 Å². The van der Waals surface area contributed by atoms with Gasteiger partial charge in [-0.05, 0) is 130 Å². The molecule has 1 aliphatic carbocycles. The van der Waals surface area contributed by atoms with E-state index in [2.05, 4.69) is 78.5 Å². The Morgan fingerprint density at radius 3 is 1.94 bits per heavy atom. The molecule has 0 saturated carbocycles. The molecule has 0 radical (unpaired) electrons. The number of aliphatic hydroxyl groups excluding tert-OH is 1. The summed E-state index contributed by atoms with van der Waals surface area (Å²) in [5.74, 6) is 1.04. The monoisotopic (exact) mass is 466 g/mol. The fraction of sp³-hybridized carbons (Fsp3) is 0.636. The van der Waals surface area contributed by atoms with Gasteiger partial charge in [0.15, 0.2) is 0 Å². The Morgan fingerprint density at radius 1 is 0.824 bits per heavy atom. The van der Waals surface area contributed by atoms with E-state index in [4.69, 9.17) is 0 Å². The summed E-state index contributed by atoms with van der Waals surface area (Å²) in [6.45, 7) is 17.9. The van der Waals surface area contributed by atoms with Gasteiger partial charge in [0.05, 0.1) is 0 Å². The predicted molar refractivity (Wildman–Crippen MR) is 153 cm³/mol. The maximum Gasteiger partial charge on any atom is 0.0462 e. The minimum Gasteiger partial charge on any atom is -0.396 e. The molecule has 0 unspecified atom stereocenters. The summed E-state index contributed by atoms with van der Waals surface area (Å²) in [4.78, 5) is 0. The van der Waals surface area contributed by atoms with Crippen LogP contribution < -0.4 is 0 Å². The average Bonchev–Trinajstić information content (AvgIpc) is 2.77.